The molecule has 2 aromatic carbocycles. The van der Waals surface area contributed by atoms with E-state index in [1.807, 2.05) is 35.2 Å². The Morgan fingerprint density at radius 2 is 1.77 bits per heavy atom. The number of carbonyl (C=O) groups is 1. The molecule has 2 amide bonds. The minimum absolute atomic E-state index is 0.180. The van der Waals surface area contributed by atoms with Crippen molar-refractivity contribution in [3.05, 3.63) is 65.8 Å². The standard InChI is InChI=1S/C26H26ClN5O3/c1-34-22-16-23(35-2)21(15-19(22)27)30-26(33)31-13-10-18(11-14-31)32-24(17-7-4-3-5-8-17)29-20-9-6-12-28-25(20)32/h3-9,12,15-16,18H,10-11,13-14H2,1-2H3,(H,30,33). The van der Waals surface area contributed by atoms with Crippen LogP contribution in [0.1, 0.15) is 18.9 Å². The smallest absolute Gasteiger partial charge is 0.321 e. The summed E-state index contributed by atoms with van der Waals surface area (Å²) < 4.78 is 12.9. The van der Waals surface area contributed by atoms with Crippen LogP contribution in [0, 0.1) is 0 Å². The maximum absolute atomic E-state index is 13.0. The van der Waals surface area contributed by atoms with Gasteiger partial charge in [0.25, 0.3) is 0 Å². The average molecular weight is 492 g/mol. The van der Waals surface area contributed by atoms with E-state index in [2.05, 4.69) is 27.0 Å². The van der Waals surface area contributed by atoms with Gasteiger partial charge in [0, 0.05) is 37.0 Å². The number of urea groups is 1. The molecule has 1 saturated heterocycles. The first-order valence-corrected chi connectivity index (χ1v) is 11.8. The number of fused-ring (bicyclic) bond motifs is 1. The molecule has 35 heavy (non-hydrogen) atoms. The third-order valence-corrected chi connectivity index (χ3v) is 6.61. The topological polar surface area (TPSA) is 81.5 Å². The number of rotatable bonds is 5. The van der Waals surface area contributed by atoms with E-state index in [1.165, 1.54) is 14.2 Å². The van der Waals surface area contributed by atoms with Crippen LogP contribution in [0.5, 0.6) is 11.5 Å². The third kappa shape index (κ3) is 4.49. The lowest BCUT2D eigenvalue weighted by Gasteiger charge is -2.33. The largest absolute Gasteiger partial charge is 0.495 e. The number of piperidine rings is 1. The van der Waals surface area contributed by atoms with Gasteiger partial charge in [-0.3, -0.25) is 0 Å². The number of pyridine rings is 1. The number of ether oxygens (including phenoxy) is 2. The highest BCUT2D eigenvalue weighted by Gasteiger charge is 2.28. The number of hydrogen-bond acceptors (Lipinski definition) is 5. The molecule has 5 rings (SSSR count). The molecule has 1 aliphatic rings. The number of amides is 2. The van der Waals surface area contributed by atoms with Gasteiger partial charge in [-0.05, 0) is 31.0 Å². The van der Waals surface area contributed by atoms with Crippen molar-refractivity contribution >= 4 is 34.5 Å². The van der Waals surface area contributed by atoms with Crippen molar-refractivity contribution in [2.24, 2.45) is 0 Å². The maximum Gasteiger partial charge on any atom is 0.321 e. The van der Waals surface area contributed by atoms with Gasteiger partial charge in [-0.1, -0.05) is 41.9 Å². The molecule has 0 radical (unpaired) electrons. The first-order chi connectivity index (χ1) is 17.1. The van der Waals surface area contributed by atoms with Gasteiger partial charge < -0.3 is 24.3 Å². The van der Waals surface area contributed by atoms with Crippen LogP contribution >= 0.6 is 11.6 Å². The van der Waals surface area contributed by atoms with Gasteiger partial charge in [0.1, 0.15) is 22.8 Å². The molecule has 1 fully saturated rings. The zero-order valence-electron chi connectivity index (χ0n) is 19.6. The number of nitrogens with zero attached hydrogens (tertiary/aromatic N) is 4. The van der Waals surface area contributed by atoms with Crippen molar-refractivity contribution in [3.8, 4) is 22.9 Å². The molecule has 8 nitrogen and oxygen atoms in total. The van der Waals surface area contributed by atoms with E-state index in [1.54, 1.807) is 18.3 Å². The zero-order valence-corrected chi connectivity index (χ0v) is 20.3. The van der Waals surface area contributed by atoms with Crippen LogP contribution < -0.4 is 14.8 Å². The van der Waals surface area contributed by atoms with Crippen LogP contribution in [0.4, 0.5) is 10.5 Å². The van der Waals surface area contributed by atoms with Crippen LogP contribution in [0.2, 0.25) is 5.02 Å². The molecule has 180 valence electrons. The number of nitrogens with one attached hydrogen (secondary N) is 1. The quantitative estimate of drug-likeness (QED) is 0.391. The summed E-state index contributed by atoms with van der Waals surface area (Å²) in [5.41, 5.74) is 3.29. The van der Waals surface area contributed by atoms with Crippen LogP contribution in [-0.4, -0.2) is 52.8 Å². The van der Waals surface area contributed by atoms with Gasteiger partial charge in [0.15, 0.2) is 5.65 Å². The summed E-state index contributed by atoms with van der Waals surface area (Å²) in [4.78, 5) is 24.4. The number of halogens is 1. The van der Waals surface area contributed by atoms with Crippen molar-refractivity contribution in [2.45, 2.75) is 18.9 Å². The first kappa shape index (κ1) is 23.0. The molecule has 2 aromatic heterocycles. The van der Waals surface area contributed by atoms with Gasteiger partial charge in [-0.2, -0.15) is 0 Å². The molecule has 9 heteroatoms. The zero-order chi connectivity index (χ0) is 24.4. The number of anilines is 1. The molecular formula is C26H26ClN5O3. The van der Waals surface area contributed by atoms with Gasteiger partial charge in [0.05, 0.1) is 24.9 Å². The maximum atomic E-state index is 13.0. The number of imidazole rings is 1. The summed E-state index contributed by atoms with van der Waals surface area (Å²) >= 11 is 6.26. The van der Waals surface area contributed by atoms with Crippen molar-refractivity contribution in [1.82, 2.24) is 19.4 Å². The number of aromatic nitrogens is 3. The molecule has 0 spiro atoms. The van der Waals surface area contributed by atoms with Crippen molar-refractivity contribution in [1.29, 1.82) is 0 Å². The molecule has 0 saturated carbocycles. The fourth-order valence-electron chi connectivity index (χ4n) is 4.55. The molecule has 4 aromatic rings. The van der Waals surface area contributed by atoms with Crippen LogP contribution in [0.25, 0.3) is 22.6 Å². The Morgan fingerprint density at radius 1 is 1.03 bits per heavy atom. The summed E-state index contributed by atoms with van der Waals surface area (Å²) in [5.74, 6) is 1.87. The highest BCUT2D eigenvalue weighted by molar-refractivity contribution is 6.32. The molecular weight excluding hydrogens is 466 g/mol. The Kier molecular flexibility index (Phi) is 6.46. The van der Waals surface area contributed by atoms with Gasteiger partial charge >= 0.3 is 6.03 Å². The minimum Gasteiger partial charge on any atom is -0.495 e. The second kappa shape index (κ2) is 9.84. The fourth-order valence-corrected chi connectivity index (χ4v) is 4.79. The molecule has 0 unspecified atom stereocenters. The Bertz CT molecular complexity index is 1350. The molecule has 0 atom stereocenters. The second-order valence-corrected chi connectivity index (χ2v) is 8.76. The highest BCUT2D eigenvalue weighted by Crippen LogP contribution is 2.37. The summed E-state index contributed by atoms with van der Waals surface area (Å²) in [6, 6.07) is 17.3. The number of benzene rings is 2. The van der Waals surface area contributed by atoms with Crippen molar-refractivity contribution < 1.29 is 14.3 Å². The van der Waals surface area contributed by atoms with Gasteiger partial charge in [-0.25, -0.2) is 14.8 Å². The van der Waals surface area contributed by atoms with E-state index >= 15 is 0 Å². The number of carbonyl (C=O) groups excluding carboxylic acids is 1. The summed E-state index contributed by atoms with van der Waals surface area (Å²) in [5, 5.41) is 3.33. The highest BCUT2D eigenvalue weighted by atomic mass is 35.5. The summed E-state index contributed by atoms with van der Waals surface area (Å²) in [7, 11) is 3.07. The SMILES string of the molecule is COc1cc(OC)c(NC(=O)N2CCC(n3c(-c4ccccc4)nc4cccnc43)CC2)cc1Cl. The molecule has 0 aliphatic carbocycles. The average Bonchev–Trinajstić information content (AvgIpc) is 3.29. The third-order valence-electron chi connectivity index (χ3n) is 6.31. The van der Waals surface area contributed by atoms with Crippen LogP contribution in [0.15, 0.2) is 60.8 Å². The van der Waals surface area contributed by atoms with Crippen molar-refractivity contribution in [3.63, 3.8) is 0 Å². The molecule has 1 aliphatic heterocycles. The predicted molar refractivity (Wildman–Crippen MR) is 136 cm³/mol. The van der Waals surface area contributed by atoms with Gasteiger partial charge in [-0.15, -0.1) is 0 Å². The first-order valence-electron chi connectivity index (χ1n) is 11.4. The monoisotopic (exact) mass is 491 g/mol. The predicted octanol–water partition coefficient (Wildman–Crippen LogP) is 5.64. The normalized spacial score (nSPS) is 14.2. The Hall–Kier alpha value is -3.78. The van der Waals surface area contributed by atoms with E-state index < -0.39 is 0 Å². The Morgan fingerprint density at radius 3 is 2.49 bits per heavy atom. The number of hydrogen-bond donors (Lipinski definition) is 1. The summed E-state index contributed by atoms with van der Waals surface area (Å²) in [6.07, 6.45) is 3.37. The van der Waals surface area contributed by atoms with Crippen LogP contribution in [0.3, 0.4) is 0 Å². The lowest BCUT2D eigenvalue weighted by molar-refractivity contribution is 0.185. The van der Waals surface area contributed by atoms with E-state index in [-0.39, 0.29) is 12.1 Å². The minimum atomic E-state index is -0.195. The lowest BCUT2D eigenvalue weighted by atomic mass is 10.0. The van der Waals surface area contributed by atoms with E-state index in [4.69, 9.17) is 26.1 Å². The number of methoxy groups -OCH3 is 2. The number of likely N-dealkylation sites (tertiary alicyclic amines) is 1. The molecule has 3 heterocycles. The van der Waals surface area contributed by atoms with E-state index in [0.29, 0.717) is 35.3 Å². The Balaban J connectivity index is 1.34. The molecule has 1 N–H and O–H groups in total. The lowest BCUT2D eigenvalue weighted by Crippen LogP contribution is -2.41. The van der Waals surface area contributed by atoms with Gasteiger partial charge in [0.2, 0.25) is 0 Å². The fraction of sp³-hybridized carbons (Fsp3) is 0.269. The molecule has 0 bridgehead atoms. The van der Waals surface area contributed by atoms with E-state index in [0.717, 1.165) is 35.4 Å². The van der Waals surface area contributed by atoms with E-state index in [9.17, 15) is 4.79 Å². The van der Waals surface area contributed by atoms with Crippen LogP contribution in [-0.2, 0) is 0 Å². The van der Waals surface area contributed by atoms with Crippen molar-refractivity contribution in [2.75, 3.05) is 32.6 Å². The summed E-state index contributed by atoms with van der Waals surface area (Å²) in [6.45, 7) is 1.20. The second-order valence-electron chi connectivity index (χ2n) is 8.35. The Labute approximate surface area is 208 Å².